The van der Waals surface area contributed by atoms with E-state index in [9.17, 15) is 9.18 Å². The SMILES string of the molecule is COc1cc(C(C)NC(=O)NCCc2ccc(CO)cc2)ccc1F. The molecule has 0 radical (unpaired) electrons. The zero-order valence-corrected chi connectivity index (χ0v) is 14.4. The van der Waals surface area contributed by atoms with Crippen LogP contribution >= 0.6 is 0 Å². The highest BCUT2D eigenvalue weighted by Crippen LogP contribution is 2.22. The minimum Gasteiger partial charge on any atom is -0.494 e. The summed E-state index contributed by atoms with van der Waals surface area (Å²) in [7, 11) is 1.40. The van der Waals surface area contributed by atoms with Crippen LogP contribution in [0, 0.1) is 5.82 Å². The molecule has 2 amide bonds. The number of halogens is 1. The van der Waals surface area contributed by atoms with Crippen molar-refractivity contribution in [2.24, 2.45) is 0 Å². The first kappa shape index (κ1) is 18.7. The number of hydrogen-bond acceptors (Lipinski definition) is 3. The monoisotopic (exact) mass is 346 g/mol. The fourth-order valence-corrected chi connectivity index (χ4v) is 2.41. The molecule has 0 saturated heterocycles. The normalized spacial score (nSPS) is 11.7. The fraction of sp³-hybridized carbons (Fsp3) is 0.316. The summed E-state index contributed by atoms with van der Waals surface area (Å²) in [5.74, 6) is -0.284. The van der Waals surface area contributed by atoms with Gasteiger partial charge in [0.2, 0.25) is 0 Å². The van der Waals surface area contributed by atoms with Gasteiger partial charge in [0.25, 0.3) is 0 Å². The van der Waals surface area contributed by atoms with Gasteiger partial charge in [-0.15, -0.1) is 0 Å². The number of nitrogens with one attached hydrogen (secondary N) is 2. The van der Waals surface area contributed by atoms with Crippen LogP contribution in [-0.4, -0.2) is 24.8 Å². The number of ether oxygens (including phenoxy) is 1. The molecule has 1 atom stereocenters. The van der Waals surface area contributed by atoms with E-state index in [1.54, 1.807) is 12.1 Å². The minimum absolute atomic E-state index is 0.0208. The van der Waals surface area contributed by atoms with Crippen LogP contribution in [0.15, 0.2) is 42.5 Å². The molecule has 25 heavy (non-hydrogen) atoms. The Balaban J connectivity index is 1.81. The van der Waals surface area contributed by atoms with Gasteiger partial charge < -0.3 is 20.5 Å². The van der Waals surface area contributed by atoms with Gasteiger partial charge in [-0.3, -0.25) is 0 Å². The van der Waals surface area contributed by atoms with Crippen molar-refractivity contribution in [1.29, 1.82) is 0 Å². The van der Waals surface area contributed by atoms with E-state index in [0.717, 1.165) is 16.7 Å². The number of carbonyl (C=O) groups is 1. The van der Waals surface area contributed by atoms with Gasteiger partial charge in [0.05, 0.1) is 19.8 Å². The van der Waals surface area contributed by atoms with Gasteiger partial charge in [-0.2, -0.15) is 0 Å². The predicted molar refractivity (Wildman–Crippen MR) is 94.0 cm³/mol. The first-order chi connectivity index (χ1) is 12.0. The van der Waals surface area contributed by atoms with Crippen molar-refractivity contribution >= 4 is 6.03 Å². The molecule has 1 unspecified atom stereocenters. The zero-order valence-electron chi connectivity index (χ0n) is 14.4. The van der Waals surface area contributed by atoms with Gasteiger partial charge in [-0.05, 0) is 42.2 Å². The predicted octanol–water partition coefficient (Wildman–Crippen LogP) is 2.93. The molecule has 2 rings (SSSR count). The van der Waals surface area contributed by atoms with Crippen molar-refractivity contribution < 1.29 is 19.0 Å². The molecular weight excluding hydrogens is 323 g/mol. The minimum atomic E-state index is -0.435. The first-order valence-electron chi connectivity index (χ1n) is 8.10. The Bertz CT molecular complexity index is 704. The van der Waals surface area contributed by atoms with Crippen molar-refractivity contribution in [2.45, 2.75) is 26.0 Å². The Morgan fingerprint density at radius 3 is 2.52 bits per heavy atom. The van der Waals surface area contributed by atoms with Gasteiger partial charge in [-0.25, -0.2) is 9.18 Å². The molecular formula is C19H23FN2O3. The number of hydrogen-bond donors (Lipinski definition) is 3. The van der Waals surface area contributed by atoms with Gasteiger partial charge >= 0.3 is 6.03 Å². The summed E-state index contributed by atoms with van der Waals surface area (Å²) >= 11 is 0. The molecule has 2 aromatic carbocycles. The second-order valence-corrected chi connectivity index (χ2v) is 5.74. The summed E-state index contributed by atoms with van der Waals surface area (Å²) in [5.41, 5.74) is 2.69. The molecule has 0 aliphatic heterocycles. The number of rotatable bonds is 7. The highest BCUT2D eigenvalue weighted by Gasteiger charge is 2.12. The van der Waals surface area contributed by atoms with Gasteiger partial charge in [0.1, 0.15) is 0 Å². The lowest BCUT2D eigenvalue weighted by Gasteiger charge is -2.16. The fourth-order valence-electron chi connectivity index (χ4n) is 2.41. The van der Waals surface area contributed by atoms with Crippen LogP contribution in [0.1, 0.15) is 29.7 Å². The summed E-state index contributed by atoms with van der Waals surface area (Å²) in [6, 6.07) is 11.5. The topological polar surface area (TPSA) is 70.6 Å². The van der Waals surface area contributed by atoms with Gasteiger partial charge in [0.15, 0.2) is 11.6 Å². The number of aliphatic hydroxyl groups excluding tert-OH is 1. The van der Waals surface area contributed by atoms with Crippen LogP contribution in [0.5, 0.6) is 5.75 Å². The molecule has 2 aromatic rings. The van der Waals surface area contributed by atoms with Crippen molar-refractivity contribution in [3.05, 3.63) is 65.0 Å². The van der Waals surface area contributed by atoms with Gasteiger partial charge in [0, 0.05) is 6.54 Å². The van der Waals surface area contributed by atoms with E-state index in [0.29, 0.717) is 13.0 Å². The van der Waals surface area contributed by atoms with E-state index in [-0.39, 0.29) is 24.4 Å². The first-order valence-corrected chi connectivity index (χ1v) is 8.10. The number of methoxy groups -OCH3 is 1. The molecule has 0 aromatic heterocycles. The Morgan fingerprint density at radius 2 is 1.88 bits per heavy atom. The third-order valence-electron chi connectivity index (χ3n) is 3.93. The van der Waals surface area contributed by atoms with E-state index < -0.39 is 5.82 Å². The average molecular weight is 346 g/mol. The number of urea groups is 1. The molecule has 0 bridgehead atoms. The van der Waals surface area contributed by atoms with E-state index in [1.807, 2.05) is 31.2 Å². The van der Waals surface area contributed by atoms with Crippen LogP contribution < -0.4 is 15.4 Å². The molecule has 6 heteroatoms. The summed E-state index contributed by atoms with van der Waals surface area (Å²) in [4.78, 5) is 12.0. The Kier molecular flexibility index (Phi) is 6.77. The maximum atomic E-state index is 13.4. The molecule has 134 valence electrons. The molecule has 0 spiro atoms. The quantitative estimate of drug-likeness (QED) is 0.722. The van der Waals surface area contributed by atoms with Crippen LogP contribution in [0.3, 0.4) is 0 Å². The summed E-state index contributed by atoms with van der Waals surface area (Å²) in [6.45, 7) is 2.33. The lowest BCUT2D eigenvalue weighted by molar-refractivity contribution is 0.238. The molecule has 5 nitrogen and oxygen atoms in total. The molecule has 0 aliphatic rings. The number of aliphatic hydroxyl groups is 1. The maximum absolute atomic E-state index is 13.4. The van der Waals surface area contributed by atoms with Crippen LogP contribution in [0.2, 0.25) is 0 Å². The van der Waals surface area contributed by atoms with E-state index in [2.05, 4.69) is 10.6 Å². The molecule has 0 aliphatic carbocycles. The third-order valence-corrected chi connectivity index (χ3v) is 3.93. The van der Waals surface area contributed by atoms with Crippen molar-refractivity contribution in [1.82, 2.24) is 10.6 Å². The largest absolute Gasteiger partial charge is 0.494 e. The van der Waals surface area contributed by atoms with Crippen LogP contribution in [-0.2, 0) is 13.0 Å². The van der Waals surface area contributed by atoms with E-state index in [4.69, 9.17) is 9.84 Å². The van der Waals surface area contributed by atoms with E-state index in [1.165, 1.54) is 13.2 Å². The summed E-state index contributed by atoms with van der Waals surface area (Å²) in [5, 5.41) is 14.6. The number of amides is 2. The van der Waals surface area contributed by atoms with Crippen molar-refractivity contribution in [3.8, 4) is 5.75 Å². The standard InChI is InChI=1S/C19H23FN2O3/c1-13(16-7-8-17(20)18(11-16)25-2)22-19(24)21-10-9-14-3-5-15(12-23)6-4-14/h3-8,11,13,23H,9-10,12H2,1-2H3,(H2,21,22,24). The number of carbonyl (C=O) groups excluding carboxylic acids is 1. The third kappa shape index (κ3) is 5.46. The smallest absolute Gasteiger partial charge is 0.315 e. The lowest BCUT2D eigenvalue weighted by Crippen LogP contribution is -2.38. The average Bonchev–Trinajstić information content (AvgIpc) is 2.62. The van der Waals surface area contributed by atoms with Crippen LogP contribution in [0.4, 0.5) is 9.18 Å². The maximum Gasteiger partial charge on any atom is 0.315 e. The van der Waals surface area contributed by atoms with Crippen LogP contribution in [0.25, 0.3) is 0 Å². The Labute approximate surface area is 146 Å². The zero-order chi connectivity index (χ0) is 18.2. The molecule has 0 fully saturated rings. The number of benzene rings is 2. The molecule has 0 heterocycles. The lowest BCUT2D eigenvalue weighted by atomic mass is 10.1. The second kappa shape index (κ2) is 9.03. The highest BCUT2D eigenvalue weighted by atomic mass is 19.1. The summed E-state index contributed by atoms with van der Waals surface area (Å²) in [6.07, 6.45) is 0.692. The van der Waals surface area contributed by atoms with Crippen molar-refractivity contribution in [2.75, 3.05) is 13.7 Å². The Hall–Kier alpha value is -2.60. The van der Waals surface area contributed by atoms with E-state index >= 15 is 0 Å². The van der Waals surface area contributed by atoms with Crippen molar-refractivity contribution in [3.63, 3.8) is 0 Å². The summed E-state index contributed by atoms with van der Waals surface area (Å²) < 4.78 is 18.4. The highest BCUT2D eigenvalue weighted by molar-refractivity contribution is 5.74. The molecule has 3 N–H and O–H groups in total. The molecule has 0 saturated carbocycles. The Morgan fingerprint density at radius 1 is 1.20 bits per heavy atom. The van der Waals surface area contributed by atoms with Gasteiger partial charge in [-0.1, -0.05) is 30.3 Å². The second-order valence-electron chi connectivity index (χ2n) is 5.74.